The maximum absolute atomic E-state index is 13.3. The molecule has 1 aromatic carbocycles. The molecule has 1 aliphatic rings. The zero-order valence-corrected chi connectivity index (χ0v) is 13.4. The molecule has 0 spiro atoms. The van der Waals surface area contributed by atoms with E-state index < -0.39 is 41.4 Å². The fourth-order valence-electron chi connectivity index (χ4n) is 2.62. The van der Waals surface area contributed by atoms with Gasteiger partial charge in [0, 0.05) is 5.56 Å². The highest BCUT2D eigenvalue weighted by Crippen LogP contribution is 2.30. The van der Waals surface area contributed by atoms with Crippen LogP contribution in [0, 0.1) is 18.6 Å². The molecule has 1 atom stereocenters. The van der Waals surface area contributed by atoms with Crippen molar-refractivity contribution in [3.05, 3.63) is 59.1 Å². The van der Waals surface area contributed by atoms with E-state index in [4.69, 9.17) is 4.42 Å². The van der Waals surface area contributed by atoms with Crippen LogP contribution < -0.4 is 5.32 Å². The van der Waals surface area contributed by atoms with Gasteiger partial charge >= 0.3 is 6.03 Å². The molecule has 0 unspecified atom stereocenters. The van der Waals surface area contributed by atoms with Gasteiger partial charge in [-0.2, -0.15) is 0 Å². The van der Waals surface area contributed by atoms with Gasteiger partial charge in [-0.15, -0.1) is 0 Å². The number of benzene rings is 1. The second-order valence-electron chi connectivity index (χ2n) is 5.91. The predicted octanol–water partition coefficient (Wildman–Crippen LogP) is 2.52. The number of hydrogen-bond acceptors (Lipinski definition) is 4. The summed E-state index contributed by atoms with van der Waals surface area (Å²) in [7, 11) is 0. The number of imide groups is 1. The first-order chi connectivity index (χ1) is 11.7. The summed E-state index contributed by atoms with van der Waals surface area (Å²) in [5.74, 6) is -2.82. The standard InChI is InChI=1S/C17H14F2N2O4/c1-9-3-6-14(25-9)17(2)15(23)21(16(24)20-17)8-13(22)10-4-5-11(18)12(19)7-10/h3-7H,8H2,1-2H3,(H,20,24)/t17-/m1/s1. The topological polar surface area (TPSA) is 79.6 Å². The lowest BCUT2D eigenvalue weighted by atomic mass is 9.99. The smallest absolute Gasteiger partial charge is 0.325 e. The van der Waals surface area contributed by atoms with E-state index >= 15 is 0 Å². The largest absolute Gasteiger partial charge is 0.463 e. The van der Waals surface area contributed by atoms with Crippen molar-refractivity contribution in [2.45, 2.75) is 19.4 Å². The number of halogens is 2. The summed E-state index contributed by atoms with van der Waals surface area (Å²) in [6.07, 6.45) is 0. The molecule has 0 radical (unpaired) electrons. The van der Waals surface area contributed by atoms with Crippen LogP contribution >= 0.6 is 0 Å². The van der Waals surface area contributed by atoms with E-state index in [2.05, 4.69) is 5.32 Å². The second-order valence-corrected chi connectivity index (χ2v) is 5.91. The summed E-state index contributed by atoms with van der Waals surface area (Å²) in [4.78, 5) is 37.7. The van der Waals surface area contributed by atoms with Crippen LogP contribution in [0.25, 0.3) is 0 Å². The normalized spacial score (nSPS) is 20.1. The summed E-state index contributed by atoms with van der Waals surface area (Å²) in [6, 6.07) is 5.07. The number of urea groups is 1. The van der Waals surface area contributed by atoms with Gasteiger partial charge in [0.1, 0.15) is 11.5 Å². The Balaban J connectivity index is 1.83. The van der Waals surface area contributed by atoms with Gasteiger partial charge in [-0.25, -0.2) is 13.6 Å². The van der Waals surface area contributed by atoms with Gasteiger partial charge in [0.25, 0.3) is 5.91 Å². The zero-order valence-electron chi connectivity index (χ0n) is 13.4. The lowest BCUT2D eigenvalue weighted by molar-refractivity contribution is -0.131. The highest BCUT2D eigenvalue weighted by molar-refractivity contribution is 6.11. The van der Waals surface area contributed by atoms with Gasteiger partial charge in [-0.3, -0.25) is 14.5 Å². The Morgan fingerprint density at radius 2 is 1.92 bits per heavy atom. The number of rotatable bonds is 4. The van der Waals surface area contributed by atoms with Crippen molar-refractivity contribution in [1.29, 1.82) is 0 Å². The number of Topliss-reactive ketones (excluding diaryl/α,β-unsaturated/α-hetero) is 1. The number of carbonyl (C=O) groups is 3. The molecule has 6 nitrogen and oxygen atoms in total. The van der Waals surface area contributed by atoms with E-state index in [1.807, 2.05) is 0 Å². The molecule has 0 bridgehead atoms. The van der Waals surface area contributed by atoms with Crippen molar-refractivity contribution in [3.63, 3.8) is 0 Å². The Bertz CT molecular complexity index is 893. The molecule has 25 heavy (non-hydrogen) atoms. The third kappa shape index (κ3) is 2.79. The molecule has 1 N–H and O–H groups in total. The van der Waals surface area contributed by atoms with Crippen molar-refractivity contribution in [1.82, 2.24) is 10.2 Å². The molecular weight excluding hydrogens is 334 g/mol. The van der Waals surface area contributed by atoms with E-state index in [0.29, 0.717) is 5.76 Å². The van der Waals surface area contributed by atoms with Gasteiger partial charge in [0.05, 0.1) is 6.54 Å². The van der Waals surface area contributed by atoms with Crippen LogP contribution in [-0.4, -0.2) is 29.2 Å². The molecule has 1 aliphatic heterocycles. The molecule has 2 heterocycles. The van der Waals surface area contributed by atoms with E-state index in [9.17, 15) is 23.2 Å². The van der Waals surface area contributed by atoms with Crippen LogP contribution in [0.2, 0.25) is 0 Å². The molecule has 130 valence electrons. The quantitative estimate of drug-likeness (QED) is 0.680. The van der Waals surface area contributed by atoms with Gasteiger partial charge in [0.15, 0.2) is 23.0 Å². The molecule has 2 aromatic rings. The number of amides is 3. The van der Waals surface area contributed by atoms with Crippen LogP contribution in [0.4, 0.5) is 13.6 Å². The monoisotopic (exact) mass is 348 g/mol. The average Bonchev–Trinajstić information content (AvgIpc) is 3.08. The lowest BCUT2D eigenvalue weighted by Gasteiger charge is -2.18. The number of furan rings is 1. The highest BCUT2D eigenvalue weighted by atomic mass is 19.2. The van der Waals surface area contributed by atoms with Crippen LogP contribution in [0.5, 0.6) is 0 Å². The van der Waals surface area contributed by atoms with Crippen molar-refractivity contribution in [3.8, 4) is 0 Å². The van der Waals surface area contributed by atoms with Gasteiger partial charge in [-0.05, 0) is 44.2 Å². The van der Waals surface area contributed by atoms with E-state index in [-0.39, 0.29) is 11.3 Å². The number of hydrogen-bond donors (Lipinski definition) is 1. The Labute approximate surface area is 141 Å². The Morgan fingerprint density at radius 3 is 2.52 bits per heavy atom. The molecule has 3 rings (SSSR count). The van der Waals surface area contributed by atoms with Crippen LogP contribution in [0.3, 0.4) is 0 Å². The minimum absolute atomic E-state index is 0.137. The van der Waals surface area contributed by atoms with Crippen molar-refractivity contribution in [2.75, 3.05) is 6.54 Å². The summed E-state index contributed by atoms with van der Waals surface area (Å²) < 4.78 is 31.6. The maximum atomic E-state index is 13.3. The van der Waals surface area contributed by atoms with E-state index in [0.717, 1.165) is 23.1 Å². The third-order valence-corrected chi connectivity index (χ3v) is 4.05. The molecular formula is C17H14F2N2O4. The predicted molar refractivity (Wildman–Crippen MR) is 81.7 cm³/mol. The summed E-state index contributed by atoms with van der Waals surface area (Å²) in [5.41, 5.74) is -1.57. The molecule has 8 heteroatoms. The van der Waals surface area contributed by atoms with Crippen LogP contribution in [0.1, 0.15) is 28.8 Å². The van der Waals surface area contributed by atoms with Crippen LogP contribution in [0.15, 0.2) is 34.7 Å². The average molecular weight is 348 g/mol. The van der Waals surface area contributed by atoms with Crippen molar-refractivity contribution >= 4 is 17.7 Å². The molecule has 0 aliphatic carbocycles. The first-order valence-electron chi connectivity index (χ1n) is 7.41. The van der Waals surface area contributed by atoms with Gasteiger partial charge in [-0.1, -0.05) is 0 Å². The maximum Gasteiger partial charge on any atom is 0.325 e. The number of carbonyl (C=O) groups excluding carboxylic acids is 3. The van der Waals surface area contributed by atoms with E-state index in [1.54, 1.807) is 19.1 Å². The summed E-state index contributed by atoms with van der Waals surface area (Å²) in [6.45, 7) is 2.57. The number of nitrogens with zero attached hydrogens (tertiary/aromatic N) is 1. The molecule has 3 amide bonds. The Morgan fingerprint density at radius 1 is 1.20 bits per heavy atom. The first-order valence-corrected chi connectivity index (χ1v) is 7.41. The molecule has 1 aromatic heterocycles. The highest BCUT2D eigenvalue weighted by Gasteiger charge is 2.51. The van der Waals surface area contributed by atoms with Crippen LogP contribution in [-0.2, 0) is 10.3 Å². The number of ketones is 1. The van der Waals surface area contributed by atoms with Crippen molar-refractivity contribution < 1.29 is 27.6 Å². The summed E-state index contributed by atoms with van der Waals surface area (Å²) >= 11 is 0. The minimum Gasteiger partial charge on any atom is -0.463 e. The summed E-state index contributed by atoms with van der Waals surface area (Å²) in [5, 5.41) is 2.49. The first kappa shape index (κ1) is 16.8. The fourth-order valence-corrected chi connectivity index (χ4v) is 2.62. The Hall–Kier alpha value is -3.03. The molecule has 1 fully saturated rings. The number of aryl methyl sites for hydroxylation is 1. The number of nitrogens with one attached hydrogen (secondary N) is 1. The van der Waals surface area contributed by atoms with E-state index in [1.165, 1.54) is 6.92 Å². The minimum atomic E-state index is -1.43. The zero-order chi connectivity index (χ0) is 18.4. The van der Waals surface area contributed by atoms with Gasteiger partial charge < -0.3 is 9.73 Å². The van der Waals surface area contributed by atoms with Crippen molar-refractivity contribution in [2.24, 2.45) is 0 Å². The third-order valence-electron chi connectivity index (χ3n) is 4.05. The van der Waals surface area contributed by atoms with Gasteiger partial charge in [0.2, 0.25) is 0 Å². The molecule has 1 saturated heterocycles. The lowest BCUT2D eigenvalue weighted by Crippen LogP contribution is -2.41. The molecule has 0 saturated carbocycles. The second kappa shape index (κ2) is 5.80. The fraction of sp³-hybridized carbons (Fsp3) is 0.235. The SMILES string of the molecule is Cc1ccc([C@@]2(C)NC(=O)N(CC(=O)c3ccc(F)c(F)c3)C2=O)o1. The Kier molecular flexibility index (Phi) is 3.90.